The lowest BCUT2D eigenvalue weighted by molar-refractivity contribution is -0.148. The number of carbonyl (C=O) groups is 3. The number of hydrogen-bond acceptors (Lipinski definition) is 7. The van der Waals surface area contributed by atoms with Gasteiger partial charge in [-0.05, 0) is 13.0 Å². The quantitative estimate of drug-likeness (QED) is 0.323. The third-order valence-electron chi connectivity index (χ3n) is 3.82. The summed E-state index contributed by atoms with van der Waals surface area (Å²) in [6, 6.07) is 7.49. The number of nitrogens with zero attached hydrogens (tertiary/aromatic N) is 1. The second kappa shape index (κ2) is 9.25. The number of para-hydroxylation sites is 1. The molecule has 2 heterocycles. The summed E-state index contributed by atoms with van der Waals surface area (Å²) >= 11 is 1.12. The van der Waals surface area contributed by atoms with Gasteiger partial charge in [-0.2, -0.15) is 0 Å². The summed E-state index contributed by atoms with van der Waals surface area (Å²) in [5.41, 5.74) is 1.55. The molecule has 1 amide bonds. The van der Waals surface area contributed by atoms with Crippen LogP contribution in [0.4, 0.5) is 0 Å². The zero-order chi connectivity index (χ0) is 19.9. The Morgan fingerprint density at radius 3 is 2.89 bits per heavy atom. The summed E-state index contributed by atoms with van der Waals surface area (Å²) in [4.78, 5) is 43.2. The van der Waals surface area contributed by atoms with Crippen molar-refractivity contribution in [3.63, 3.8) is 0 Å². The van der Waals surface area contributed by atoms with Crippen LogP contribution in [0.3, 0.4) is 0 Å². The summed E-state index contributed by atoms with van der Waals surface area (Å²) in [7, 11) is 0. The molecule has 0 aliphatic rings. The number of hydrogen-bond donors (Lipinski definition) is 2. The number of H-pyrrole nitrogens is 1. The van der Waals surface area contributed by atoms with Crippen LogP contribution < -0.4 is 5.32 Å². The Bertz CT molecular complexity index is 994. The first-order valence-electron chi connectivity index (χ1n) is 8.68. The molecule has 0 bridgehead atoms. The van der Waals surface area contributed by atoms with Crippen LogP contribution in [0.1, 0.15) is 32.8 Å². The molecule has 0 fully saturated rings. The molecular formula is C19H19N3O5S. The average molecular weight is 401 g/mol. The van der Waals surface area contributed by atoms with E-state index in [1.807, 2.05) is 24.3 Å². The molecule has 0 unspecified atom stereocenters. The number of aromatic amines is 1. The van der Waals surface area contributed by atoms with E-state index in [1.54, 1.807) is 13.1 Å². The lowest BCUT2D eigenvalue weighted by Gasteiger charge is -2.05. The third kappa shape index (κ3) is 4.62. The highest BCUT2D eigenvalue weighted by Crippen LogP contribution is 2.22. The monoisotopic (exact) mass is 401 g/mol. The molecular weight excluding hydrogens is 382 g/mol. The zero-order valence-corrected chi connectivity index (χ0v) is 16.0. The van der Waals surface area contributed by atoms with Gasteiger partial charge >= 0.3 is 5.97 Å². The lowest BCUT2D eigenvalue weighted by atomic mass is 10.1. The van der Waals surface area contributed by atoms with Crippen molar-refractivity contribution in [1.29, 1.82) is 0 Å². The van der Waals surface area contributed by atoms with Crippen molar-refractivity contribution < 1.29 is 23.9 Å². The van der Waals surface area contributed by atoms with E-state index in [9.17, 15) is 14.4 Å². The fraction of sp³-hybridized carbons (Fsp3) is 0.263. The fourth-order valence-electron chi connectivity index (χ4n) is 2.54. The topological polar surface area (TPSA) is 110 Å². The molecule has 0 radical (unpaired) electrons. The second-order valence-electron chi connectivity index (χ2n) is 5.73. The fourth-order valence-corrected chi connectivity index (χ4v) is 3.29. The highest BCUT2D eigenvalue weighted by molar-refractivity contribution is 7.12. The number of ether oxygens (including phenoxy) is 2. The van der Waals surface area contributed by atoms with Crippen LogP contribution in [0.15, 0.2) is 35.8 Å². The minimum atomic E-state index is -0.450. The number of rotatable bonds is 9. The number of esters is 1. The Morgan fingerprint density at radius 1 is 1.25 bits per heavy atom. The molecule has 8 nitrogen and oxygen atoms in total. The summed E-state index contributed by atoms with van der Waals surface area (Å²) < 4.78 is 9.83. The van der Waals surface area contributed by atoms with E-state index in [2.05, 4.69) is 15.3 Å². The van der Waals surface area contributed by atoms with Gasteiger partial charge in [0.25, 0.3) is 5.91 Å². The van der Waals surface area contributed by atoms with E-state index in [-0.39, 0.29) is 36.2 Å². The molecule has 9 heteroatoms. The molecule has 3 rings (SSSR count). The van der Waals surface area contributed by atoms with Crippen LogP contribution in [-0.4, -0.2) is 54.0 Å². The summed E-state index contributed by atoms with van der Waals surface area (Å²) in [6.07, 6.45) is 1.65. The van der Waals surface area contributed by atoms with E-state index in [1.165, 1.54) is 5.38 Å². The van der Waals surface area contributed by atoms with Gasteiger partial charge < -0.3 is 19.8 Å². The molecule has 0 aliphatic heterocycles. The average Bonchev–Trinajstić information content (AvgIpc) is 3.35. The Labute approximate surface area is 164 Å². The van der Waals surface area contributed by atoms with E-state index in [4.69, 9.17) is 9.47 Å². The molecule has 2 N–H and O–H groups in total. The van der Waals surface area contributed by atoms with Crippen LogP contribution in [0.2, 0.25) is 0 Å². The van der Waals surface area contributed by atoms with Crippen molar-refractivity contribution in [2.75, 3.05) is 26.4 Å². The first kappa shape index (κ1) is 19.7. The van der Waals surface area contributed by atoms with Crippen LogP contribution >= 0.6 is 11.3 Å². The predicted octanol–water partition coefficient (Wildman–Crippen LogP) is 2.16. The standard InChI is InChI=1S/C19H19N3O5S/c1-2-27-16(23)10-26-8-7-20-18(25)15-11-28-19(22-15)17(24)13-9-21-14-6-4-3-5-12(13)14/h3-6,9,11,21H,2,7-8,10H2,1H3,(H,20,25). The summed E-state index contributed by atoms with van der Waals surface area (Å²) in [5, 5.41) is 5.23. The van der Waals surface area contributed by atoms with E-state index < -0.39 is 11.9 Å². The van der Waals surface area contributed by atoms with E-state index in [0.717, 1.165) is 22.2 Å². The van der Waals surface area contributed by atoms with Crippen molar-refractivity contribution in [3.05, 3.63) is 52.1 Å². The molecule has 146 valence electrons. The molecule has 0 saturated heterocycles. The maximum absolute atomic E-state index is 12.7. The third-order valence-corrected chi connectivity index (χ3v) is 4.66. The molecule has 0 atom stereocenters. The van der Waals surface area contributed by atoms with Gasteiger partial charge in [0.15, 0.2) is 5.01 Å². The van der Waals surface area contributed by atoms with Gasteiger partial charge in [-0.25, -0.2) is 9.78 Å². The number of ketones is 1. The number of amides is 1. The van der Waals surface area contributed by atoms with Crippen molar-refractivity contribution >= 4 is 39.9 Å². The normalized spacial score (nSPS) is 10.8. The predicted molar refractivity (Wildman–Crippen MR) is 104 cm³/mol. The number of carbonyl (C=O) groups excluding carboxylic acids is 3. The minimum absolute atomic E-state index is 0.163. The molecule has 0 aliphatic carbocycles. The summed E-state index contributed by atoms with van der Waals surface area (Å²) in [5.74, 6) is -1.10. The largest absolute Gasteiger partial charge is 0.464 e. The molecule has 0 saturated carbocycles. The number of aromatic nitrogens is 2. The Morgan fingerprint density at radius 2 is 2.07 bits per heavy atom. The molecule has 1 aromatic carbocycles. The smallest absolute Gasteiger partial charge is 0.332 e. The Balaban J connectivity index is 1.54. The zero-order valence-electron chi connectivity index (χ0n) is 15.2. The van der Waals surface area contributed by atoms with Gasteiger partial charge in [-0.3, -0.25) is 9.59 Å². The number of thiazole rings is 1. The van der Waals surface area contributed by atoms with Gasteiger partial charge in [0, 0.05) is 29.0 Å². The maximum Gasteiger partial charge on any atom is 0.332 e. The van der Waals surface area contributed by atoms with Crippen LogP contribution in [0.5, 0.6) is 0 Å². The van der Waals surface area contributed by atoms with Crippen LogP contribution in [0.25, 0.3) is 10.9 Å². The molecule has 0 spiro atoms. The van der Waals surface area contributed by atoms with Gasteiger partial charge in [0.05, 0.1) is 18.8 Å². The number of benzene rings is 1. The van der Waals surface area contributed by atoms with Crippen molar-refractivity contribution in [2.24, 2.45) is 0 Å². The van der Waals surface area contributed by atoms with Gasteiger partial charge in [-0.15, -0.1) is 11.3 Å². The number of fused-ring (bicyclic) bond motifs is 1. The van der Waals surface area contributed by atoms with Crippen molar-refractivity contribution in [3.8, 4) is 0 Å². The summed E-state index contributed by atoms with van der Waals surface area (Å²) in [6.45, 7) is 2.22. The minimum Gasteiger partial charge on any atom is -0.464 e. The Kier molecular flexibility index (Phi) is 6.51. The first-order valence-corrected chi connectivity index (χ1v) is 9.56. The van der Waals surface area contributed by atoms with Gasteiger partial charge in [0.2, 0.25) is 5.78 Å². The van der Waals surface area contributed by atoms with E-state index in [0.29, 0.717) is 12.2 Å². The highest BCUT2D eigenvalue weighted by Gasteiger charge is 2.19. The first-order chi connectivity index (χ1) is 13.6. The number of nitrogens with one attached hydrogen (secondary N) is 2. The molecule has 2 aromatic heterocycles. The van der Waals surface area contributed by atoms with E-state index >= 15 is 0 Å². The van der Waals surface area contributed by atoms with Crippen molar-refractivity contribution in [2.45, 2.75) is 6.92 Å². The van der Waals surface area contributed by atoms with Gasteiger partial charge in [0.1, 0.15) is 12.3 Å². The maximum atomic E-state index is 12.7. The SMILES string of the molecule is CCOC(=O)COCCNC(=O)c1csc(C(=O)c2c[nH]c3ccccc23)n1. The molecule has 3 aromatic rings. The lowest BCUT2D eigenvalue weighted by Crippen LogP contribution is -2.28. The van der Waals surface area contributed by atoms with Crippen LogP contribution in [0, 0.1) is 0 Å². The highest BCUT2D eigenvalue weighted by atomic mass is 32.1. The Hall–Kier alpha value is -3.04. The van der Waals surface area contributed by atoms with Crippen LogP contribution in [-0.2, 0) is 14.3 Å². The second-order valence-corrected chi connectivity index (χ2v) is 6.59. The van der Waals surface area contributed by atoms with Gasteiger partial charge in [-0.1, -0.05) is 18.2 Å². The molecule has 28 heavy (non-hydrogen) atoms. The van der Waals surface area contributed by atoms with Crippen molar-refractivity contribution in [1.82, 2.24) is 15.3 Å².